The molecule has 1 rings (SSSR count). The van der Waals surface area contributed by atoms with Gasteiger partial charge in [-0.3, -0.25) is 0 Å². The van der Waals surface area contributed by atoms with Gasteiger partial charge < -0.3 is 15.5 Å². The van der Waals surface area contributed by atoms with Crippen molar-refractivity contribution in [3.05, 3.63) is 28.8 Å². The van der Waals surface area contributed by atoms with E-state index in [0.717, 1.165) is 5.56 Å². The molecule has 0 unspecified atom stereocenters. The number of phenols is 1. The zero-order chi connectivity index (χ0) is 10.6. The normalized spacial score (nSPS) is 12.8. The van der Waals surface area contributed by atoms with Gasteiger partial charge in [-0.1, -0.05) is 23.7 Å². The van der Waals surface area contributed by atoms with E-state index in [1.165, 1.54) is 0 Å². The molecule has 4 heteroatoms. The Kier molecular flexibility index (Phi) is 4.20. The number of aliphatic hydroxyl groups is 1. The van der Waals surface area contributed by atoms with Gasteiger partial charge in [0.15, 0.2) is 0 Å². The number of halogens is 1. The maximum Gasteiger partial charge on any atom is 0.138 e. The van der Waals surface area contributed by atoms with Gasteiger partial charge in [0.05, 0.1) is 11.1 Å². The second-order valence-electron chi connectivity index (χ2n) is 3.23. The van der Waals surface area contributed by atoms with Crippen LogP contribution >= 0.6 is 11.6 Å². The average Bonchev–Trinajstić information content (AvgIpc) is 2.12. The minimum Gasteiger partial charge on any atom is -0.506 e. The number of benzene rings is 1. The second-order valence-corrected chi connectivity index (χ2v) is 3.63. The lowest BCUT2D eigenvalue weighted by Gasteiger charge is -2.08. The van der Waals surface area contributed by atoms with Crippen LogP contribution in [0.3, 0.4) is 0 Å². The number of phenolic OH excluding ortho intramolecular Hbond substituents is 1. The monoisotopic (exact) mass is 215 g/mol. The number of hydrogen-bond acceptors (Lipinski definition) is 3. The maximum absolute atomic E-state index is 9.53. The van der Waals surface area contributed by atoms with E-state index in [1.807, 2.05) is 0 Å². The molecule has 78 valence electrons. The van der Waals surface area contributed by atoms with Crippen molar-refractivity contribution in [2.45, 2.75) is 19.6 Å². The molecule has 3 N–H and O–H groups in total. The van der Waals surface area contributed by atoms with Gasteiger partial charge in [0.25, 0.3) is 0 Å². The van der Waals surface area contributed by atoms with Crippen LogP contribution in [0.2, 0.25) is 5.02 Å². The summed E-state index contributed by atoms with van der Waals surface area (Å²) in [5.41, 5.74) is 0.734. The van der Waals surface area contributed by atoms with E-state index in [1.54, 1.807) is 25.1 Å². The Labute approximate surface area is 88.3 Å². The van der Waals surface area contributed by atoms with Crippen LogP contribution in [0.1, 0.15) is 12.5 Å². The molecule has 0 aliphatic carbocycles. The van der Waals surface area contributed by atoms with Gasteiger partial charge in [-0.05, 0) is 13.0 Å². The largest absolute Gasteiger partial charge is 0.506 e. The second kappa shape index (κ2) is 5.20. The van der Waals surface area contributed by atoms with E-state index < -0.39 is 6.10 Å². The molecular weight excluding hydrogens is 202 g/mol. The Balaban J connectivity index is 2.54. The van der Waals surface area contributed by atoms with Crippen molar-refractivity contribution in [2.75, 3.05) is 6.54 Å². The van der Waals surface area contributed by atoms with E-state index in [4.69, 9.17) is 16.7 Å². The fourth-order valence-electron chi connectivity index (χ4n) is 1.12. The highest BCUT2D eigenvalue weighted by Crippen LogP contribution is 2.26. The van der Waals surface area contributed by atoms with Crippen molar-refractivity contribution < 1.29 is 10.2 Å². The minimum absolute atomic E-state index is 0.104. The molecule has 0 aliphatic heterocycles. The average molecular weight is 216 g/mol. The topological polar surface area (TPSA) is 52.5 Å². The molecular formula is C10H14ClNO2. The minimum atomic E-state index is -0.392. The Morgan fingerprint density at radius 2 is 2.21 bits per heavy atom. The number of aromatic hydroxyl groups is 1. The number of aliphatic hydroxyl groups excluding tert-OH is 1. The highest BCUT2D eigenvalue weighted by Gasteiger charge is 2.04. The molecule has 1 atom stereocenters. The molecule has 0 saturated carbocycles. The molecule has 1 aromatic carbocycles. The van der Waals surface area contributed by atoms with Crippen LogP contribution in [0.4, 0.5) is 0 Å². The van der Waals surface area contributed by atoms with Crippen molar-refractivity contribution >= 4 is 11.6 Å². The van der Waals surface area contributed by atoms with Crippen LogP contribution < -0.4 is 5.32 Å². The molecule has 3 nitrogen and oxygen atoms in total. The van der Waals surface area contributed by atoms with Crippen molar-refractivity contribution in [1.82, 2.24) is 5.32 Å². The van der Waals surface area contributed by atoms with Crippen molar-refractivity contribution in [2.24, 2.45) is 0 Å². The summed E-state index contributed by atoms with van der Waals surface area (Å²) in [6, 6.07) is 5.20. The highest BCUT2D eigenvalue weighted by molar-refractivity contribution is 6.32. The van der Waals surface area contributed by atoms with E-state index in [9.17, 15) is 5.11 Å². The van der Waals surface area contributed by atoms with Gasteiger partial charge in [-0.15, -0.1) is 0 Å². The molecule has 0 spiro atoms. The predicted molar refractivity (Wildman–Crippen MR) is 56.5 cm³/mol. The standard InChI is InChI=1S/C10H14ClNO2/c1-7(13)5-12-6-8-3-2-4-9(11)10(8)14/h2-4,7,12-14H,5-6H2,1H3/t7-/m0/s1. The molecule has 0 heterocycles. The van der Waals surface area contributed by atoms with Crippen LogP contribution in [0, 0.1) is 0 Å². The molecule has 0 fully saturated rings. The molecule has 0 saturated heterocycles. The Morgan fingerprint density at radius 1 is 1.50 bits per heavy atom. The molecule has 1 aromatic rings. The third kappa shape index (κ3) is 3.18. The number of para-hydroxylation sites is 1. The fraction of sp³-hybridized carbons (Fsp3) is 0.400. The van der Waals surface area contributed by atoms with E-state index >= 15 is 0 Å². The maximum atomic E-state index is 9.53. The summed E-state index contributed by atoms with van der Waals surface area (Å²) >= 11 is 5.73. The summed E-state index contributed by atoms with van der Waals surface area (Å²) in [4.78, 5) is 0. The SMILES string of the molecule is C[C@H](O)CNCc1cccc(Cl)c1O. The van der Waals surface area contributed by atoms with Gasteiger partial charge in [0, 0.05) is 18.7 Å². The third-order valence-corrected chi connectivity index (χ3v) is 2.13. The first-order valence-electron chi connectivity index (χ1n) is 4.46. The summed E-state index contributed by atoms with van der Waals surface area (Å²) < 4.78 is 0. The van der Waals surface area contributed by atoms with Gasteiger partial charge in [-0.25, -0.2) is 0 Å². The third-order valence-electron chi connectivity index (χ3n) is 1.83. The lowest BCUT2D eigenvalue weighted by molar-refractivity contribution is 0.191. The highest BCUT2D eigenvalue weighted by atomic mass is 35.5. The summed E-state index contributed by atoms with van der Waals surface area (Å²) in [7, 11) is 0. The van der Waals surface area contributed by atoms with Gasteiger partial charge >= 0.3 is 0 Å². The molecule has 0 amide bonds. The summed E-state index contributed by atoms with van der Waals surface area (Å²) in [5, 5.41) is 21.9. The molecule has 0 radical (unpaired) electrons. The van der Waals surface area contributed by atoms with Gasteiger partial charge in [0.1, 0.15) is 5.75 Å². The first-order chi connectivity index (χ1) is 6.61. The Bertz CT molecular complexity index is 302. The lowest BCUT2D eigenvalue weighted by atomic mass is 10.2. The fourth-order valence-corrected chi connectivity index (χ4v) is 1.31. The van der Waals surface area contributed by atoms with E-state index in [2.05, 4.69) is 5.32 Å². The smallest absolute Gasteiger partial charge is 0.138 e. The Hall–Kier alpha value is -0.770. The Morgan fingerprint density at radius 3 is 2.86 bits per heavy atom. The predicted octanol–water partition coefficient (Wildman–Crippen LogP) is 1.52. The van der Waals surface area contributed by atoms with Crippen LogP contribution in [-0.2, 0) is 6.54 Å². The van der Waals surface area contributed by atoms with Crippen LogP contribution in [0.5, 0.6) is 5.75 Å². The number of nitrogens with one attached hydrogen (secondary N) is 1. The zero-order valence-electron chi connectivity index (χ0n) is 8.00. The van der Waals surface area contributed by atoms with Crippen molar-refractivity contribution in [3.63, 3.8) is 0 Å². The summed E-state index contributed by atoms with van der Waals surface area (Å²) in [5.74, 6) is 0.104. The van der Waals surface area contributed by atoms with Gasteiger partial charge in [-0.2, -0.15) is 0 Å². The van der Waals surface area contributed by atoms with Crippen molar-refractivity contribution in [3.8, 4) is 5.75 Å². The summed E-state index contributed by atoms with van der Waals surface area (Å²) in [6.45, 7) is 2.69. The van der Waals surface area contributed by atoms with Crippen LogP contribution in [-0.4, -0.2) is 22.9 Å². The molecule has 0 bridgehead atoms. The lowest BCUT2D eigenvalue weighted by Crippen LogP contribution is -2.23. The van der Waals surface area contributed by atoms with Crippen LogP contribution in [0.25, 0.3) is 0 Å². The van der Waals surface area contributed by atoms with Crippen LogP contribution in [0.15, 0.2) is 18.2 Å². The number of rotatable bonds is 4. The summed E-state index contributed by atoms with van der Waals surface area (Å²) in [6.07, 6.45) is -0.392. The number of hydrogen-bond donors (Lipinski definition) is 3. The van der Waals surface area contributed by atoms with Gasteiger partial charge in [0.2, 0.25) is 0 Å². The molecule has 0 aliphatic rings. The quantitative estimate of drug-likeness (QED) is 0.714. The first kappa shape index (κ1) is 11.3. The van der Waals surface area contributed by atoms with E-state index in [0.29, 0.717) is 18.1 Å². The van der Waals surface area contributed by atoms with Crippen molar-refractivity contribution in [1.29, 1.82) is 0 Å². The first-order valence-corrected chi connectivity index (χ1v) is 4.84. The zero-order valence-corrected chi connectivity index (χ0v) is 8.75. The molecule has 14 heavy (non-hydrogen) atoms. The van der Waals surface area contributed by atoms with E-state index in [-0.39, 0.29) is 5.75 Å². The molecule has 0 aromatic heterocycles.